The fourth-order valence-corrected chi connectivity index (χ4v) is 3.85. The van der Waals surface area contributed by atoms with Crippen LogP contribution in [0.1, 0.15) is 33.8 Å². The van der Waals surface area contributed by atoms with E-state index in [4.69, 9.17) is 17.7 Å². The summed E-state index contributed by atoms with van der Waals surface area (Å²) in [5.74, 6) is -1.33. The molecule has 3 aromatic rings. The molecule has 0 saturated carbocycles. The van der Waals surface area contributed by atoms with Crippen molar-refractivity contribution in [2.24, 2.45) is 0 Å². The Bertz CT molecular complexity index is 1580. The number of carbonyl (C=O) groups excluding carboxylic acids is 2. The van der Waals surface area contributed by atoms with Crippen LogP contribution in [0.25, 0.3) is 10.9 Å². The highest BCUT2D eigenvalue weighted by molar-refractivity contribution is 5.97. The summed E-state index contributed by atoms with van der Waals surface area (Å²) in [5, 5.41) is -0.289. The highest BCUT2D eigenvalue weighted by Gasteiger charge is 2.47. The summed E-state index contributed by atoms with van der Waals surface area (Å²) in [6, 6.07) is -3.40. The number of piperazine rings is 1. The third-order valence-electron chi connectivity index (χ3n) is 5.18. The lowest BCUT2D eigenvalue weighted by atomic mass is 9.86. The Morgan fingerprint density at radius 1 is 1.24 bits per heavy atom. The van der Waals surface area contributed by atoms with E-state index in [1.54, 1.807) is 0 Å². The molecule has 1 aromatic heterocycles. The van der Waals surface area contributed by atoms with Crippen LogP contribution in [0.15, 0.2) is 42.4 Å². The van der Waals surface area contributed by atoms with Crippen molar-refractivity contribution in [3.05, 3.63) is 59.2 Å². The van der Waals surface area contributed by atoms with Crippen molar-refractivity contribution in [2.45, 2.75) is 18.4 Å². The molecule has 0 aliphatic carbocycles. The molecule has 7 heteroatoms. The highest BCUT2D eigenvalue weighted by atomic mass is 16.7. The Hall–Kier alpha value is -3.48. The van der Waals surface area contributed by atoms with Crippen LogP contribution in [-0.4, -0.2) is 53.0 Å². The number of carbonyl (C=O) groups is 2. The van der Waals surface area contributed by atoms with Crippen molar-refractivity contribution in [3.8, 4) is 11.5 Å². The number of rotatable bonds is 1. The summed E-state index contributed by atoms with van der Waals surface area (Å²) >= 11 is 0. The first kappa shape index (κ1) is 10.3. The predicted molar refractivity (Wildman–Crippen MR) is 105 cm³/mol. The number of ether oxygens (including phenoxy) is 2. The van der Waals surface area contributed by atoms with Crippen LogP contribution < -0.4 is 9.47 Å². The van der Waals surface area contributed by atoms with E-state index < -0.39 is 66.5 Å². The van der Waals surface area contributed by atoms with E-state index >= 15 is 0 Å². The van der Waals surface area contributed by atoms with Crippen LogP contribution in [0.2, 0.25) is 0 Å². The zero-order valence-electron chi connectivity index (χ0n) is 23.2. The zero-order chi connectivity index (χ0) is 26.8. The number of H-pyrrole nitrogens is 1. The molecule has 3 aliphatic heterocycles. The number of nitrogens with one attached hydrogen (secondary N) is 1. The Morgan fingerprint density at radius 3 is 2.97 bits per heavy atom. The zero-order valence-corrected chi connectivity index (χ0v) is 15.2. The molecule has 2 aromatic carbocycles. The van der Waals surface area contributed by atoms with Crippen molar-refractivity contribution in [1.29, 1.82) is 0 Å². The van der Waals surface area contributed by atoms with E-state index in [1.165, 1.54) is 25.2 Å². The minimum Gasteiger partial charge on any atom is -0.454 e. The van der Waals surface area contributed by atoms with E-state index in [-0.39, 0.29) is 34.7 Å². The Labute approximate surface area is 178 Å². The highest BCUT2D eigenvalue weighted by Crippen LogP contribution is 2.44. The maximum Gasteiger partial charge on any atom is 0.245 e. The maximum absolute atomic E-state index is 13.5. The Morgan fingerprint density at radius 2 is 2.07 bits per heavy atom. The summed E-state index contributed by atoms with van der Waals surface area (Å²) in [4.78, 5) is 31.3. The lowest BCUT2D eigenvalue weighted by Crippen LogP contribution is -2.62. The fraction of sp³-hybridized carbons (Fsp3) is 0.273. The first-order chi connectivity index (χ1) is 17.3. The number of nitrogens with zero attached hydrogens (tertiary/aromatic N) is 2. The minimum atomic E-state index is -2.99. The fourth-order valence-electron chi connectivity index (χ4n) is 3.85. The van der Waals surface area contributed by atoms with Crippen LogP contribution in [0.4, 0.5) is 0 Å². The van der Waals surface area contributed by atoms with Crippen LogP contribution in [-0.2, 0) is 16.0 Å². The molecular formula is C22H19N3O4. The summed E-state index contributed by atoms with van der Waals surface area (Å²) in [6.45, 7) is -0.585. The SMILES string of the molecule is [2H]c1c([2H])c([2H])c2c3c([nH]c2c1[2H])[C@@]([2H])(c1ccc2c(c1)OCO2)N1C(=O)CN(C)C(=O)[C@@]1([2H])C3([2H])[2H]. The molecular weight excluding hydrogens is 370 g/mol. The second-order valence-electron chi connectivity index (χ2n) is 6.91. The number of amides is 2. The average molecular weight is 397 g/mol. The second-order valence-corrected chi connectivity index (χ2v) is 6.91. The first-order valence-corrected chi connectivity index (χ1v) is 8.89. The molecule has 6 rings (SSSR count). The number of likely N-dealkylation sites (N-methyl/N-ethyl adjacent to an activating group) is 1. The Balaban J connectivity index is 1.81. The van der Waals surface area contributed by atoms with Gasteiger partial charge in [0.2, 0.25) is 18.6 Å². The van der Waals surface area contributed by atoms with E-state index in [0.29, 0.717) is 10.6 Å². The van der Waals surface area contributed by atoms with Gasteiger partial charge >= 0.3 is 0 Å². The number of fused-ring (bicyclic) bond motifs is 5. The first-order valence-electron chi connectivity index (χ1n) is 12.9. The van der Waals surface area contributed by atoms with Gasteiger partial charge in [-0.2, -0.15) is 0 Å². The molecule has 1 N–H and O–H groups in total. The topological polar surface area (TPSA) is 74.9 Å². The largest absolute Gasteiger partial charge is 0.454 e. The lowest BCUT2D eigenvalue weighted by Gasteiger charge is -2.46. The summed E-state index contributed by atoms with van der Waals surface area (Å²) in [5.41, 5.74) is -0.900. The smallest absolute Gasteiger partial charge is 0.245 e. The van der Waals surface area contributed by atoms with Gasteiger partial charge in [0.1, 0.15) is 6.02 Å². The molecule has 1 fully saturated rings. The predicted octanol–water partition coefficient (Wildman–Crippen LogP) is 2.21. The van der Waals surface area contributed by atoms with Gasteiger partial charge in [-0.3, -0.25) is 9.59 Å². The number of para-hydroxylation sites is 1. The number of aromatic amines is 1. The van der Waals surface area contributed by atoms with Crippen molar-refractivity contribution < 1.29 is 30.0 Å². The summed E-state index contributed by atoms with van der Waals surface area (Å²) in [6.07, 6.45) is -2.99. The van der Waals surface area contributed by atoms with Crippen LogP contribution >= 0.6 is 0 Å². The molecule has 0 unspecified atom stereocenters. The molecule has 0 bridgehead atoms. The molecule has 7 nitrogen and oxygen atoms in total. The molecule has 2 atom stereocenters. The van der Waals surface area contributed by atoms with Gasteiger partial charge in [0, 0.05) is 32.8 Å². The summed E-state index contributed by atoms with van der Waals surface area (Å²) < 4.78 is 80.9. The van der Waals surface area contributed by atoms with Gasteiger partial charge in [0.15, 0.2) is 11.5 Å². The Kier molecular flexibility index (Phi) is 2.05. The summed E-state index contributed by atoms with van der Waals surface area (Å²) in [7, 11) is 1.26. The molecule has 3 aliphatic rings. The monoisotopic (exact) mass is 397 g/mol. The van der Waals surface area contributed by atoms with E-state index in [2.05, 4.69) is 4.98 Å². The quantitative estimate of drug-likeness (QED) is 0.683. The standard InChI is InChI=1S/C22H19N3O4/c1-24-10-19(26)25-16(22(24)27)9-14-13-4-2-3-5-15(13)23-20(14)21(25)12-6-7-17-18(8-12)29-11-28-17/h2-8,16,21,23H,9-11H2,1H3/t16-,21-/m1/s1/i2D,3D,4D,5D,9D2,16D,21D. The van der Waals surface area contributed by atoms with Gasteiger partial charge in [-0.05, 0) is 29.3 Å². The molecule has 1 saturated heterocycles. The maximum atomic E-state index is 13.5. The number of benzene rings is 2. The molecule has 4 heterocycles. The van der Waals surface area contributed by atoms with E-state index in [9.17, 15) is 12.3 Å². The number of aromatic nitrogens is 1. The van der Waals surface area contributed by atoms with Gasteiger partial charge in [-0.25, -0.2) is 0 Å². The van der Waals surface area contributed by atoms with Gasteiger partial charge in [0.25, 0.3) is 0 Å². The second kappa shape index (κ2) is 5.76. The molecule has 2 amide bonds. The van der Waals surface area contributed by atoms with Crippen LogP contribution in [0, 0.1) is 0 Å². The van der Waals surface area contributed by atoms with Gasteiger partial charge in [-0.1, -0.05) is 24.2 Å². The number of hydrogen-bond acceptors (Lipinski definition) is 4. The van der Waals surface area contributed by atoms with E-state index in [1.807, 2.05) is 0 Å². The molecule has 0 spiro atoms. The van der Waals surface area contributed by atoms with Crippen molar-refractivity contribution in [3.63, 3.8) is 0 Å². The van der Waals surface area contributed by atoms with Crippen molar-refractivity contribution in [2.75, 3.05) is 20.4 Å². The van der Waals surface area contributed by atoms with Crippen molar-refractivity contribution in [1.82, 2.24) is 14.8 Å². The van der Waals surface area contributed by atoms with Gasteiger partial charge in [-0.15, -0.1) is 0 Å². The molecule has 146 valence electrons. The molecule has 29 heavy (non-hydrogen) atoms. The third kappa shape index (κ3) is 2.24. The third-order valence-corrected chi connectivity index (χ3v) is 5.18. The van der Waals surface area contributed by atoms with Gasteiger partial charge < -0.3 is 24.3 Å². The lowest BCUT2D eigenvalue weighted by molar-refractivity contribution is -0.157. The average Bonchev–Trinajstić information content (AvgIpc) is 3.49. The van der Waals surface area contributed by atoms with Crippen LogP contribution in [0.5, 0.6) is 11.5 Å². The molecule has 0 radical (unpaired) electrons. The van der Waals surface area contributed by atoms with Crippen LogP contribution in [0.3, 0.4) is 0 Å². The number of hydrogen-bond donors (Lipinski definition) is 1. The van der Waals surface area contributed by atoms with E-state index in [0.717, 1.165) is 4.90 Å². The van der Waals surface area contributed by atoms with Crippen molar-refractivity contribution >= 4 is 22.7 Å². The normalized spacial score (nSPS) is 33.6. The minimum absolute atomic E-state index is 0.0395. The van der Waals surface area contributed by atoms with Gasteiger partial charge in [0.05, 0.1) is 20.8 Å².